The van der Waals surface area contributed by atoms with Gasteiger partial charge in [-0.15, -0.1) is 0 Å². The summed E-state index contributed by atoms with van der Waals surface area (Å²) in [5.74, 6) is 0.257. The Bertz CT molecular complexity index is 474. The second-order valence-corrected chi connectivity index (χ2v) is 5.80. The molecule has 20 heavy (non-hydrogen) atoms. The smallest absolute Gasteiger partial charge is 0.303 e. The summed E-state index contributed by atoms with van der Waals surface area (Å²) in [7, 11) is 1.65. The summed E-state index contributed by atoms with van der Waals surface area (Å²) in [6.07, 6.45) is 5.33. The van der Waals surface area contributed by atoms with Crippen molar-refractivity contribution in [1.82, 2.24) is 9.78 Å². The van der Waals surface area contributed by atoms with Gasteiger partial charge in [-0.2, -0.15) is 5.10 Å². The number of methoxy groups -OCH3 is 1. The van der Waals surface area contributed by atoms with Crippen LogP contribution in [0.25, 0.3) is 0 Å². The van der Waals surface area contributed by atoms with E-state index < -0.39 is 5.97 Å². The van der Waals surface area contributed by atoms with Crippen molar-refractivity contribution in [3.8, 4) is 5.88 Å². The molecule has 0 atom stereocenters. The van der Waals surface area contributed by atoms with Gasteiger partial charge in [0.05, 0.1) is 18.8 Å². The summed E-state index contributed by atoms with van der Waals surface area (Å²) in [6.45, 7) is 4.18. The van der Waals surface area contributed by atoms with E-state index in [0.717, 1.165) is 30.0 Å². The van der Waals surface area contributed by atoms with Crippen molar-refractivity contribution in [3.63, 3.8) is 0 Å². The van der Waals surface area contributed by atoms with Gasteiger partial charge in [0.2, 0.25) is 5.88 Å². The highest BCUT2D eigenvalue weighted by atomic mass is 16.5. The zero-order valence-corrected chi connectivity index (χ0v) is 12.6. The quantitative estimate of drug-likeness (QED) is 0.869. The SMILES string of the molecule is COc1c(CCC(=O)O)c(C(C)C)nn1C1CCCC1. The Balaban J connectivity index is 2.37. The molecule has 1 aromatic heterocycles. The second-order valence-electron chi connectivity index (χ2n) is 5.80. The molecule has 0 unspecified atom stereocenters. The van der Waals surface area contributed by atoms with Crippen molar-refractivity contribution in [3.05, 3.63) is 11.3 Å². The lowest BCUT2D eigenvalue weighted by atomic mass is 10.0. The minimum atomic E-state index is -0.782. The zero-order chi connectivity index (χ0) is 14.7. The van der Waals surface area contributed by atoms with Gasteiger partial charge in [-0.05, 0) is 25.2 Å². The first-order valence-electron chi connectivity index (χ1n) is 7.41. The number of aliphatic carboxylic acids is 1. The molecule has 0 aromatic carbocycles. The Kier molecular flexibility index (Phi) is 4.68. The summed E-state index contributed by atoms with van der Waals surface area (Å²) in [5.41, 5.74) is 1.95. The van der Waals surface area contributed by atoms with Crippen molar-refractivity contribution in [1.29, 1.82) is 0 Å². The molecule has 0 amide bonds. The van der Waals surface area contributed by atoms with Gasteiger partial charge in [-0.3, -0.25) is 4.79 Å². The van der Waals surface area contributed by atoms with Crippen molar-refractivity contribution in [2.24, 2.45) is 0 Å². The lowest BCUT2D eigenvalue weighted by molar-refractivity contribution is -0.136. The first-order chi connectivity index (χ1) is 9.54. The Labute approximate surface area is 119 Å². The molecular weight excluding hydrogens is 256 g/mol. The van der Waals surface area contributed by atoms with Crippen LogP contribution in [0.4, 0.5) is 0 Å². The largest absolute Gasteiger partial charge is 0.481 e. The molecule has 0 saturated heterocycles. The van der Waals surface area contributed by atoms with Crippen LogP contribution in [-0.4, -0.2) is 28.0 Å². The van der Waals surface area contributed by atoms with E-state index in [4.69, 9.17) is 14.9 Å². The fourth-order valence-corrected chi connectivity index (χ4v) is 3.01. The number of rotatable bonds is 6. The normalized spacial score (nSPS) is 16.0. The van der Waals surface area contributed by atoms with E-state index in [0.29, 0.717) is 12.5 Å². The van der Waals surface area contributed by atoms with Gasteiger partial charge in [0.15, 0.2) is 0 Å². The minimum absolute atomic E-state index is 0.117. The molecule has 1 N–H and O–H groups in total. The fraction of sp³-hybridized carbons (Fsp3) is 0.733. The van der Waals surface area contributed by atoms with Gasteiger partial charge >= 0.3 is 5.97 Å². The van der Waals surface area contributed by atoms with Crippen molar-refractivity contribution in [2.45, 2.75) is 64.3 Å². The maximum Gasteiger partial charge on any atom is 0.303 e. The third-order valence-electron chi connectivity index (χ3n) is 3.99. The van der Waals surface area contributed by atoms with Crippen LogP contribution in [-0.2, 0) is 11.2 Å². The van der Waals surface area contributed by atoms with Crippen LogP contribution in [0.1, 0.15) is 69.2 Å². The second kappa shape index (κ2) is 6.29. The molecule has 0 spiro atoms. The molecule has 1 fully saturated rings. The molecule has 1 aliphatic rings. The lowest BCUT2D eigenvalue weighted by Crippen LogP contribution is -2.09. The fourth-order valence-electron chi connectivity index (χ4n) is 3.01. The Morgan fingerprint density at radius 1 is 1.45 bits per heavy atom. The number of aromatic nitrogens is 2. The van der Waals surface area contributed by atoms with E-state index in [1.807, 2.05) is 4.68 Å². The predicted octanol–water partition coefficient (Wildman–Crippen LogP) is 3.15. The molecule has 5 nitrogen and oxygen atoms in total. The highest BCUT2D eigenvalue weighted by Gasteiger charge is 2.27. The highest BCUT2D eigenvalue weighted by Crippen LogP contribution is 2.37. The summed E-state index contributed by atoms with van der Waals surface area (Å²) in [6, 6.07) is 0.404. The monoisotopic (exact) mass is 280 g/mol. The molecule has 2 rings (SSSR count). The summed E-state index contributed by atoms with van der Waals surface area (Å²) >= 11 is 0. The third-order valence-corrected chi connectivity index (χ3v) is 3.99. The molecule has 1 saturated carbocycles. The maximum atomic E-state index is 10.8. The summed E-state index contributed by atoms with van der Waals surface area (Å²) in [5, 5.41) is 13.7. The van der Waals surface area contributed by atoms with Crippen LogP contribution >= 0.6 is 0 Å². The highest BCUT2D eigenvalue weighted by molar-refractivity contribution is 5.67. The van der Waals surface area contributed by atoms with Crippen molar-refractivity contribution in [2.75, 3.05) is 7.11 Å². The first kappa shape index (κ1) is 14.9. The molecule has 0 aliphatic heterocycles. The predicted molar refractivity (Wildman–Crippen MR) is 76.3 cm³/mol. The number of nitrogens with zero attached hydrogens (tertiary/aromatic N) is 2. The molecule has 0 radical (unpaired) electrons. The molecule has 5 heteroatoms. The first-order valence-corrected chi connectivity index (χ1v) is 7.41. The minimum Gasteiger partial charge on any atom is -0.481 e. The summed E-state index contributed by atoms with van der Waals surface area (Å²) < 4.78 is 7.56. The van der Waals surface area contributed by atoms with E-state index in [2.05, 4.69) is 13.8 Å². The van der Waals surface area contributed by atoms with Crippen LogP contribution in [0.2, 0.25) is 0 Å². The average molecular weight is 280 g/mol. The maximum absolute atomic E-state index is 10.8. The standard InChI is InChI=1S/C15H24N2O3/c1-10(2)14-12(8-9-13(18)19)15(20-3)17(16-14)11-6-4-5-7-11/h10-11H,4-9H2,1-3H3,(H,18,19). The Morgan fingerprint density at radius 2 is 2.10 bits per heavy atom. The van der Waals surface area contributed by atoms with E-state index in [9.17, 15) is 4.79 Å². The molecule has 1 aliphatic carbocycles. The number of ether oxygens (including phenoxy) is 1. The lowest BCUT2D eigenvalue weighted by Gasteiger charge is -2.13. The molecule has 0 bridgehead atoms. The molecular formula is C15H24N2O3. The summed E-state index contributed by atoms with van der Waals surface area (Å²) in [4.78, 5) is 10.8. The Morgan fingerprint density at radius 3 is 2.60 bits per heavy atom. The number of carbonyl (C=O) groups is 1. The number of hydrogen-bond donors (Lipinski definition) is 1. The average Bonchev–Trinajstić information content (AvgIpc) is 3.02. The van der Waals surface area contributed by atoms with Crippen LogP contribution < -0.4 is 4.74 Å². The van der Waals surface area contributed by atoms with Gasteiger partial charge in [-0.1, -0.05) is 26.7 Å². The van der Waals surface area contributed by atoms with Gasteiger partial charge in [0.1, 0.15) is 0 Å². The van der Waals surface area contributed by atoms with Gasteiger partial charge < -0.3 is 9.84 Å². The van der Waals surface area contributed by atoms with E-state index in [1.165, 1.54) is 12.8 Å². The molecule has 1 heterocycles. The molecule has 1 aromatic rings. The van der Waals surface area contributed by atoms with Crippen molar-refractivity contribution < 1.29 is 14.6 Å². The third kappa shape index (κ3) is 2.97. The Hall–Kier alpha value is -1.52. The van der Waals surface area contributed by atoms with Crippen LogP contribution in [0.3, 0.4) is 0 Å². The zero-order valence-electron chi connectivity index (χ0n) is 12.6. The number of carboxylic acids is 1. The van der Waals surface area contributed by atoms with Crippen LogP contribution in [0.5, 0.6) is 5.88 Å². The van der Waals surface area contributed by atoms with Crippen molar-refractivity contribution >= 4 is 5.97 Å². The van der Waals surface area contributed by atoms with Gasteiger partial charge in [0.25, 0.3) is 0 Å². The molecule has 112 valence electrons. The van der Waals surface area contributed by atoms with Crippen LogP contribution in [0, 0.1) is 0 Å². The van der Waals surface area contributed by atoms with E-state index in [-0.39, 0.29) is 12.3 Å². The number of hydrogen-bond acceptors (Lipinski definition) is 3. The van der Waals surface area contributed by atoms with Gasteiger partial charge in [0, 0.05) is 12.0 Å². The van der Waals surface area contributed by atoms with Crippen LogP contribution in [0.15, 0.2) is 0 Å². The topological polar surface area (TPSA) is 64.3 Å². The number of carboxylic acid groups (broad SMARTS) is 1. The van der Waals surface area contributed by atoms with Gasteiger partial charge in [-0.25, -0.2) is 4.68 Å². The van der Waals surface area contributed by atoms with E-state index >= 15 is 0 Å². The van der Waals surface area contributed by atoms with E-state index in [1.54, 1.807) is 7.11 Å².